The second-order valence-electron chi connectivity index (χ2n) is 3.65. The predicted molar refractivity (Wildman–Crippen MR) is 56.3 cm³/mol. The molecular weight excluding hydrogens is 198 g/mol. The van der Waals surface area contributed by atoms with Crippen LogP contribution in [0.4, 0.5) is 0 Å². The Bertz CT molecular complexity index is 503. The number of aryl methyl sites for hydroxylation is 1. The lowest BCUT2D eigenvalue weighted by Crippen LogP contribution is -2.06. The van der Waals surface area contributed by atoms with Crippen molar-refractivity contribution in [2.75, 3.05) is 0 Å². The fraction of sp³-hybridized carbons (Fsp3) is 0.300. The predicted octanol–water partition coefficient (Wildman–Crippen LogP) is 2.09. The highest BCUT2D eigenvalue weighted by atomic mass is 35.5. The lowest BCUT2D eigenvalue weighted by Gasteiger charge is -1.97. The molecule has 3 rings (SSSR count). The SMILES string of the molecule is NC1CCn2c1nc1ccc(Cl)cc12. The maximum Gasteiger partial charge on any atom is 0.126 e. The molecule has 1 aromatic heterocycles. The highest BCUT2D eigenvalue weighted by Gasteiger charge is 2.22. The number of aromatic nitrogens is 2. The number of nitrogens with two attached hydrogens (primary N) is 1. The summed E-state index contributed by atoms with van der Waals surface area (Å²) in [7, 11) is 0. The molecule has 0 spiro atoms. The summed E-state index contributed by atoms with van der Waals surface area (Å²) in [5.41, 5.74) is 8.02. The van der Waals surface area contributed by atoms with Crippen molar-refractivity contribution in [1.29, 1.82) is 0 Å². The van der Waals surface area contributed by atoms with Gasteiger partial charge in [-0.25, -0.2) is 4.98 Å². The Balaban J connectivity index is 2.36. The Hall–Kier alpha value is -1.06. The molecule has 4 heteroatoms. The van der Waals surface area contributed by atoms with Gasteiger partial charge in [-0.05, 0) is 24.6 Å². The molecule has 72 valence electrons. The van der Waals surface area contributed by atoms with Crippen molar-refractivity contribution in [2.45, 2.75) is 19.0 Å². The van der Waals surface area contributed by atoms with Gasteiger partial charge in [-0.1, -0.05) is 11.6 Å². The van der Waals surface area contributed by atoms with Crippen LogP contribution < -0.4 is 5.73 Å². The van der Waals surface area contributed by atoms with Crippen LogP contribution in [0.25, 0.3) is 11.0 Å². The summed E-state index contributed by atoms with van der Waals surface area (Å²) in [5, 5.41) is 0.751. The van der Waals surface area contributed by atoms with Crippen molar-refractivity contribution in [1.82, 2.24) is 9.55 Å². The average Bonchev–Trinajstić information content (AvgIpc) is 2.67. The Morgan fingerprint density at radius 1 is 1.50 bits per heavy atom. The van der Waals surface area contributed by atoms with Gasteiger partial charge in [0.2, 0.25) is 0 Å². The van der Waals surface area contributed by atoms with Gasteiger partial charge in [-0.2, -0.15) is 0 Å². The Kier molecular flexibility index (Phi) is 1.60. The molecule has 3 nitrogen and oxygen atoms in total. The highest BCUT2D eigenvalue weighted by Crippen LogP contribution is 2.29. The van der Waals surface area contributed by atoms with Gasteiger partial charge in [0.25, 0.3) is 0 Å². The Morgan fingerprint density at radius 3 is 3.21 bits per heavy atom. The summed E-state index contributed by atoms with van der Waals surface area (Å²) in [6, 6.07) is 5.83. The number of hydrogen-bond donors (Lipinski definition) is 1. The topological polar surface area (TPSA) is 43.8 Å². The molecule has 1 aliphatic heterocycles. The second kappa shape index (κ2) is 2.72. The first-order chi connectivity index (χ1) is 6.75. The van der Waals surface area contributed by atoms with Gasteiger partial charge in [0.05, 0.1) is 17.1 Å². The van der Waals surface area contributed by atoms with E-state index in [-0.39, 0.29) is 6.04 Å². The second-order valence-corrected chi connectivity index (χ2v) is 4.09. The van der Waals surface area contributed by atoms with Crippen LogP contribution in [-0.2, 0) is 6.54 Å². The molecule has 0 fully saturated rings. The number of nitrogens with zero attached hydrogens (tertiary/aromatic N) is 2. The number of hydrogen-bond acceptors (Lipinski definition) is 2. The minimum absolute atomic E-state index is 0.0844. The summed E-state index contributed by atoms with van der Waals surface area (Å²) in [5.74, 6) is 0.988. The summed E-state index contributed by atoms with van der Waals surface area (Å²) in [6.45, 7) is 0.952. The van der Waals surface area contributed by atoms with E-state index in [9.17, 15) is 0 Å². The number of fused-ring (bicyclic) bond motifs is 3. The van der Waals surface area contributed by atoms with Crippen LogP contribution in [0, 0.1) is 0 Å². The van der Waals surface area contributed by atoms with Gasteiger partial charge in [0.15, 0.2) is 0 Å². The third kappa shape index (κ3) is 0.996. The van der Waals surface area contributed by atoms with E-state index >= 15 is 0 Å². The van der Waals surface area contributed by atoms with E-state index in [4.69, 9.17) is 17.3 Å². The molecule has 0 saturated heterocycles. The van der Waals surface area contributed by atoms with Gasteiger partial charge < -0.3 is 10.3 Å². The summed E-state index contributed by atoms with van der Waals surface area (Å²) in [6.07, 6.45) is 0.977. The van der Waals surface area contributed by atoms with Crippen molar-refractivity contribution in [3.8, 4) is 0 Å². The zero-order valence-electron chi connectivity index (χ0n) is 7.57. The maximum atomic E-state index is 5.94. The molecule has 2 aromatic rings. The van der Waals surface area contributed by atoms with Crippen LogP contribution >= 0.6 is 11.6 Å². The first-order valence-electron chi connectivity index (χ1n) is 4.67. The zero-order chi connectivity index (χ0) is 9.71. The van der Waals surface area contributed by atoms with E-state index in [1.165, 1.54) is 0 Å². The van der Waals surface area contributed by atoms with Crippen molar-refractivity contribution < 1.29 is 0 Å². The molecule has 1 aliphatic rings. The van der Waals surface area contributed by atoms with Crippen molar-refractivity contribution in [2.24, 2.45) is 5.73 Å². The molecule has 0 bridgehead atoms. The quantitative estimate of drug-likeness (QED) is 0.719. The average molecular weight is 208 g/mol. The Morgan fingerprint density at radius 2 is 2.36 bits per heavy atom. The largest absolute Gasteiger partial charge is 0.327 e. The molecule has 2 heterocycles. The molecule has 1 unspecified atom stereocenters. The monoisotopic (exact) mass is 207 g/mol. The van der Waals surface area contributed by atoms with E-state index in [0.29, 0.717) is 0 Å². The van der Waals surface area contributed by atoms with Gasteiger partial charge in [0, 0.05) is 11.6 Å². The molecule has 2 N–H and O–H groups in total. The maximum absolute atomic E-state index is 5.94. The molecular formula is C10H10ClN3. The molecule has 0 amide bonds. The van der Waals surface area contributed by atoms with Crippen LogP contribution in [0.3, 0.4) is 0 Å². The van der Waals surface area contributed by atoms with Crippen molar-refractivity contribution >= 4 is 22.6 Å². The lowest BCUT2D eigenvalue weighted by atomic mass is 10.2. The molecule has 0 saturated carbocycles. The third-order valence-corrected chi connectivity index (χ3v) is 2.97. The summed E-state index contributed by atoms with van der Waals surface area (Å²) in [4.78, 5) is 4.49. The van der Waals surface area contributed by atoms with Gasteiger partial charge in [-0.3, -0.25) is 0 Å². The number of halogens is 1. The van der Waals surface area contributed by atoms with Crippen LogP contribution in [-0.4, -0.2) is 9.55 Å². The number of imidazole rings is 1. The van der Waals surface area contributed by atoms with E-state index < -0.39 is 0 Å². The zero-order valence-corrected chi connectivity index (χ0v) is 8.33. The first-order valence-corrected chi connectivity index (χ1v) is 5.05. The molecule has 1 atom stereocenters. The molecule has 14 heavy (non-hydrogen) atoms. The molecule has 0 radical (unpaired) electrons. The minimum Gasteiger partial charge on any atom is -0.327 e. The lowest BCUT2D eigenvalue weighted by molar-refractivity contribution is 0.685. The molecule has 1 aromatic carbocycles. The van der Waals surface area contributed by atoms with E-state index in [1.54, 1.807) is 0 Å². The fourth-order valence-corrected chi connectivity index (χ4v) is 2.20. The fourth-order valence-electron chi connectivity index (χ4n) is 2.03. The van der Waals surface area contributed by atoms with E-state index in [2.05, 4.69) is 9.55 Å². The normalized spacial score (nSPS) is 20.3. The summed E-state index contributed by atoms with van der Waals surface area (Å²) < 4.78 is 2.16. The van der Waals surface area contributed by atoms with Crippen molar-refractivity contribution in [3.05, 3.63) is 29.0 Å². The van der Waals surface area contributed by atoms with Gasteiger partial charge in [0.1, 0.15) is 5.82 Å². The van der Waals surface area contributed by atoms with Crippen molar-refractivity contribution in [3.63, 3.8) is 0 Å². The van der Waals surface area contributed by atoms with Gasteiger partial charge in [-0.15, -0.1) is 0 Å². The standard InChI is InChI=1S/C10H10ClN3/c11-6-1-2-8-9(5-6)14-4-3-7(12)10(14)13-8/h1-2,5,7H,3-4,12H2. The van der Waals surface area contributed by atoms with Crippen LogP contribution in [0.1, 0.15) is 18.3 Å². The first kappa shape index (κ1) is 8.26. The van der Waals surface area contributed by atoms with Gasteiger partial charge >= 0.3 is 0 Å². The highest BCUT2D eigenvalue weighted by molar-refractivity contribution is 6.31. The van der Waals surface area contributed by atoms with E-state index in [1.807, 2.05) is 18.2 Å². The summed E-state index contributed by atoms with van der Waals surface area (Å²) >= 11 is 5.94. The molecule has 0 aliphatic carbocycles. The number of benzene rings is 1. The smallest absolute Gasteiger partial charge is 0.126 e. The minimum atomic E-state index is 0.0844. The Labute approximate surface area is 86.5 Å². The number of rotatable bonds is 0. The third-order valence-electron chi connectivity index (χ3n) is 2.74. The van der Waals surface area contributed by atoms with Crippen LogP contribution in [0.15, 0.2) is 18.2 Å². The van der Waals surface area contributed by atoms with Crippen LogP contribution in [0.5, 0.6) is 0 Å². The van der Waals surface area contributed by atoms with Crippen LogP contribution in [0.2, 0.25) is 5.02 Å². The van der Waals surface area contributed by atoms with E-state index in [0.717, 1.165) is 34.8 Å².